The number of carbonyl (C=O) groups is 1. The number of ether oxygens (including phenoxy) is 1. The lowest BCUT2D eigenvalue weighted by atomic mass is 10.2. The summed E-state index contributed by atoms with van der Waals surface area (Å²) in [6, 6.07) is 16.9. The zero-order valence-corrected chi connectivity index (χ0v) is 19.9. The van der Waals surface area contributed by atoms with E-state index in [1.807, 2.05) is 6.92 Å². The Balaban J connectivity index is 1.67. The number of halogens is 3. The molecule has 0 aromatic heterocycles. The van der Waals surface area contributed by atoms with Gasteiger partial charge >= 0.3 is 0 Å². The van der Waals surface area contributed by atoms with E-state index in [4.69, 9.17) is 39.5 Å². The monoisotopic (exact) mass is 512 g/mol. The van der Waals surface area contributed by atoms with E-state index in [1.54, 1.807) is 24.3 Å². The van der Waals surface area contributed by atoms with Crippen LogP contribution in [0.15, 0.2) is 71.6 Å². The summed E-state index contributed by atoms with van der Waals surface area (Å²) in [5, 5.41) is 3.86. The van der Waals surface area contributed by atoms with Gasteiger partial charge in [0.1, 0.15) is 5.75 Å². The number of sulfonamides is 1. The summed E-state index contributed by atoms with van der Waals surface area (Å²) in [4.78, 5) is 12.6. The first-order valence-corrected chi connectivity index (χ1v) is 12.1. The van der Waals surface area contributed by atoms with Crippen LogP contribution in [0.25, 0.3) is 0 Å². The van der Waals surface area contributed by atoms with Gasteiger partial charge in [-0.25, -0.2) is 8.42 Å². The Morgan fingerprint density at radius 1 is 0.938 bits per heavy atom. The zero-order chi connectivity index (χ0) is 23.3. The second-order valence-corrected chi connectivity index (χ2v) is 9.67. The molecule has 2 N–H and O–H groups in total. The van der Waals surface area contributed by atoms with E-state index in [1.165, 1.54) is 42.5 Å². The molecule has 0 fully saturated rings. The first kappa shape index (κ1) is 24.2. The first-order valence-electron chi connectivity index (χ1n) is 9.49. The molecule has 32 heavy (non-hydrogen) atoms. The predicted octanol–water partition coefficient (Wildman–Crippen LogP) is 6.24. The van der Waals surface area contributed by atoms with Gasteiger partial charge in [0.2, 0.25) is 0 Å². The van der Waals surface area contributed by atoms with E-state index < -0.39 is 16.1 Å². The molecule has 0 aliphatic carbocycles. The van der Waals surface area contributed by atoms with E-state index in [2.05, 4.69) is 10.0 Å². The third-order valence-electron chi connectivity index (χ3n) is 4.36. The number of hydrogen-bond donors (Lipinski definition) is 2. The second kappa shape index (κ2) is 10.4. The summed E-state index contributed by atoms with van der Waals surface area (Å²) < 4.78 is 33.4. The van der Waals surface area contributed by atoms with Gasteiger partial charge < -0.3 is 10.1 Å². The number of amides is 1. The molecule has 6 nitrogen and oxygen atoms in total. The SMILES string of the molecule is CC[C@H](Oc1ccc(Cl)cc1)C(=O)Nc1ccc(S(=O)(=O)Nc2ccc(Cl)cc2Cl)cc1. The van der Waals surface area contributed by atoms with Crippen molar-refractivity contribution in [3.63, 3.8) is 0 Å². The molecule has 0 aliphatic rings. The number of anilines is 2. The maximum Gasteiger partial charge on any atom is 0.265 e. The first-order chi connectivity index (χ1) is 15.2. The van der Waals surface area contributed by atoms with Gasteiger partial charge in [-0.05, 0) is 73.2 Å². The molecule has 0 heterocycles. The van der Waals surface area contributed by atoms with Crippen LogP contribution in [-0.4, -0.2) is 20.4 Å². The molecule has 0 aliphatic heterocycles. The molecule has 3 aromatic carbocycles. The molecule has 1 atom stereocenters. The van der Waals surface area contributed by atoms with Gasteiger partial charge in [-0.1, -0.05) is 41.7 Å². The Kier molecular flexibility index (Phi) is 7.90. The molecule has 1 amide bonds. The minimum Gasteiger partial charge on any atom is -0.481 e. The van der Waals surface area contributed by atoms with Crippen molar-refractivity contribution in [3.05, 3.63) is 81.8 Å². The highest BCUT2D eigenvalue weighted by molar-refractivity contribution is 7.92. The van der Waals surface area contributed by atoms with Crippen molar-refractivity contribution < 1.29 is 17.9 Å². The fourth-order valence-electron chi connectivity index (χ4n) is 2.72. The molecule has 0 unspecified atom stereocenters. The third kappa shape index (κ3) is 6.29. The van der Waals surface area contributed by atoms with Crippen molar-refractivity contribution in [3.8, 4) is 5.75 Å². The van der Waals surface area contributed by atoms with Crippen LogP contribution in [0, 0.1) is 0 Å². The van der Waals surface area contributed by atoms with Gasteiger partial charge in [0, 0.05) is 15.7 Å². The molecule has 168 valence electrons. The Hall–Kier alpha value is -2.45. The van der Waals surface area contributed by atoms with Gasteiger partial charge in [0.15, 0.2) is 6.10 Å². The van der Waals surface area contributed by atoms with Crippen LogP contribution in [0.2, 0.25) is 15.1 Å². The molecule has 0 saturated heterocycles. The number of nitrogens with one attached hydrogen (secondary N) is 2. The summed E-state index contributed by atoms with van der Waals surface area (Å²) in [5.74, 6) is 0.161. The number of benzene rings is 3. The highest BCUT2D eigenvalue weighted by atomic mass is 35.5. The van der Waals surface area contributed by atoms with Crippen LogP contribution >= 0.6 is 34.8 Å². The van der Waals surface area contributed by atoms with Crippen molar-refractivity contribution in [2.75, 3.05) is 10.0 Å². The van der Waals surface area contributed by atoms with Crippen molar-refractivity contribution in [2.45, 2.75) is 24.3 Å². The summed E-state index contributed by atoms with van der Waals surface area (Å²) in [6.45, 7) is 1.82. The minimum atomic E-state index is -3.88. The molecule has 10 heteroatoms. The van der Waals surface area contributed by atoms with Crippen molar-refractivity contribution in [2.24, 2.45) is 0 Å². The standard InChI is InChI=1S/C22H19Cl3N2O4S/c1-2-21(31-17-8-3-14(23)4-9-17)22(28)26-16-6-10-18(11-7-16)32(29,30)27-20-12-5-15(24)13-19(20)25/h3-13,21,27H,2H2,1H3,(H,26,28)/t21-/m0/s1. The van der Waals surface area contributed by atoms with E-state index in [0.717, 1.165) is 0 Å². The van der Waals surface area contributed by atoms with Gasteiger partial charge in [-0.15, -0.1) is 0 Å². The van der Waals surface area contributed by atoms with Crippen LogP contribution in [0.3, 0.4) is 0 Å². The highest BCUT2D eigenvalue weighted by Gasteiger charge is 2.20. The minimum absolute atomic E-state index is 0.00553. The zero-order valence-electron chi connectivity index (χ0n) is 16.8. The molecule has 3 rings (SSSR count). The van der Waals surface area contributed by atoms with Crippen LogP contribution in [0.1, 0.15) is 13.3 Å². The summed E-state index contributed by atoms with van der Waals surface area (Å²) >= 11 is 17.7. The third-order valence-corrected chi connectivity index (χ3v) is 6.54. The molecular formula is C22H19Cl3N2O4S. The lowest BCUT2D eigenvalue weighted by Gasteiger charge is -2.17. The molecule has 0 spiro atoms. The van der Waals surface area contributed by atoms with Gasteiger partial charge in [0.25, 0.3) is 15.9 Å². The molecule has 0 radical (unpaired) electrons. The molecule has 3 aromatic rings. The Bertz CT molecular complexity index is 1200. The van der Waals surface area contributed by atoms with E-state index in [0.29, 0.717) is 27.9 Å². The van der Waals surface area contributed by atoms with E-state index in [-0.39, 0.29) is 21.5 Å². The van der Waals surface area contributed by atoms with Gasteiger partial charge in [0.05, 0.1) is 15.6 Å². The molecule has 0 saturated carbocycles. The quantitative estimate of drug-likeness (QED) is 0.373. The normalized spacial score (nSPS) is 12.1. The van der Waals surface area contributed by atoms with Gasteiger partial charge in [-0.2, -0.15) is 0 Å². The predicted molar refractivity (Wildman–Crippen MR) is 129 cm³/mol. The lowest BCUT2D eigenvalue weighted by molar-refractivity contribution is -0.122. The Morgan fingerprint density at radius 2 is 1.56 bits per heavy atom. The fourth-order valence-corrected chi connectivity index (χ4v) is 4.43. The maximum atomic E-state index is 12.6. The van der Waals surface area contributed by atoms with E-state index in [9.17, 15) is 13.2 Å². The number of carbonyl (C=O) groups excluding carboxylic acids is 1. The lowest BCUT2D eigenvalue weighted by Crippen LogP contribution is -2.32. The van der Waals surface area contributed by atoms with Crippen LogP contribution < -0.4 is 14.8 Å². The number of rotatable bonds is 8. The van der Waals surface area contributed by atoms with Crippen molar-refractivity contribution in [1.82, 2.24) is 0 Å². The van der Waals surface area contributed by atoms with Crippen LogP contribution in [0.4, 0.5) is 11.4 Å². The fraction of sp³-hybridized carbons (Fsp3) is 0.136. The largest absolute Gasteiger partial charge is 0.481 e. The summed E-state index contributed by atoms with van der Waals surface area (Å²) in [5.41, 5.74) is 0.634. The molecule has 0 bridgehead atoms. The Morgan fingerprint density at radius 3 is 2.16 bits per heavy atom. The van der Waals surface area contributed by atoms with Crippen molar-refractivity contribution >= 4 is 62.1 Å². The van der Waals surface area contributed by atoms with Crippen LogP contribution in [0.5, 0.6) is 5.75 Å². The average molecular weight is 514 g/mol. The Labute approximate surface area is 201 Å². The van der Waals surface area contributed by atoms with Gasteiger partial charge in [-0.3, -0.25) is 9.52 Å². The maximum absolute atomic E-state index is 12.6. The van der Waals surface area contributed by atoms with Crippen molar-refractivity contribution in [1.29, 1.82) is 0 Å². The highest BCUT2D eigenvalue weighted by Crippen LogP contribution is 2.28. The average Bonchev–Trinajstić information content (AvgIpc) is 2.75. The smallest absolute Gasteiger partial charge is 0.265 e. The van der Waals surface area contributed by atoms with E-state index >= 15 is 0 Å². The number of hydrogen-bond acceptors (Lipinski definition) is 4. The molecular weight excluding hydrogens is 495 g/mol. The summed E-state index contributed by atoms with van der Waals surface area (Å²) in [6.07, 6.45) is -0.291. The topological polar surface area (TPSA) is 84.5 Å². The second-order valence-electron chi connectivity index (χ2n) is 6.71. The summed E-state index contributed by atoms with van der Waals surface area (Å²) in [7, 11) is -3.88. The van der Waals surface area contributed by atoms with Crippen LogP contribution in [-0.2, 0) is 14.8 Å².